The first-order valence-electron chi connectivity index (χ1n) is 42.5. The van der Waals surface area contributed by atoms with Crippen molar-refractivity contribution in [3.8, 4) is 78.9 Å². The summed E-state index contributed by atoms with van der Waals surface area (Å²) in [5.74, 6) is 3.38. The van der Waals surface area contributed by atoms with Gasteiger partial charge in [0.1, 0.15) is 23.0 Å². The second kappa shape index (κ2) is 25.4. The van der Waals surface area contributed by atoms with Gasteiger partial charge in [0.2, 0.25) is 0 Å². The average Bonchev–Trinajstić information content (AvgIpc) is 0.705. The van der Waals surface area contributed by atoms with Gasteiger partial charge in [0, 0.05) is 77.9 Å². The highest BCUT2D eigenvalue weighted by atomic mass is 16.5. The molecular weight excluding hydrogens is 1430 g/mol. The van der Waals surface area contributed by atoms with E-state index in [9.17, 15) is 0 Å². The van der Waals surface area contributed by atoms with Crippen LogP contribution >= 0.6 is 0 Å². The minimum atomic E-state index is -0.272. The minimum Gasteiger partial charge on any atom is -0.458 e. The van der Waals surface area contributed by atoms with Crippen molar-refractivity contribution >= 4 is 124 Å². The largest absolute Gasteiger partial charge is 0.458 e. The molecule has 0 bridgehead atoms. The van der Waals surface area contributed by atoms with Crippen LogP contribution in [-0.2, 0) is 27.1 Å². The summed E-state index contributed by atoms with van der Waals surface area (Å²) in [6.45, 7) is 26.1. The van der Waals surface area contributed by atoms with Crippen molar-refractivity contribution in [1.82, 2.24) is 9.13 Å². The summed E-state index contributed by atoms with van der Waals surface area (Å²) < 4.78 is 20.7. The lowest BCUT2D eigenvalue weighted by Gasteiger charge is -2.45. The molecule has 8 heteroatoms. The Kier molecular flexibility index (Phi) is 15.2. The number of hydrogen-bond donors (Lipinski definition) is 0. The van der Waals surface area contributed by atoms with Crippen LogP contribution in [0.2, 0.25) is 0 Å². The van der Waals surface area contributed by atoms with Crippen LogP contribution in [0.1, 0.15) is 130 Å². The van der Waals surface area contributed by atoms with E-state index in [0.717, 1.165) is 160 Å². The number of fused-ring (bicyclic) bond motifs is 16. The van der Waals surface area contributed by atoms with Gasteiger partial charge in [-0.15, -0.1) is 0 Å². The van der Waals surface area contributed by atoms with Crippen LogP contribution in [0.5, 0.6) is 23.0 Å². The van der Waals surface area contributed by atoms with Gasteiger partial charge >= 0.3 is 0 Å². The minimum absolute atomic E-state index is 0.0205. The van der Waals surface area contributed by atoms with Gasteiger partial charge in [0.05, 0.1) is 27.8 Å². The zero-order valence-electron chi connectivity index (χ0n) is 69.0. The molecule has 4 aliphatic heterocycles. The van der Waals surface area contributed by atoms with Gasteiger partial charge in [0.25, 0.3) is 13.4 Å². The predicted octanol–water partition coefficient (Wildman–Crippen LogP) is 25.4. The third-order valence-corrected chi connectivity index (χ3v) is 28.1. The molecule has 23 rings (SSSR count). The molecule has 0 N–H and O–H groups in total. The molecule has 570 valence electrons. The SMILES string of the molecule is CC(C)(C)c1ccc2c(c1)Oc1cc(-c3cc4c5c(c3)N(c3ccccc3-c3ccccc3)c3cc(-n6c7ccccc7c7ccccc76)ccc3B5c3ccc(-n5c6ccccc6c6ccccc65)cc3N4c3ccc(-c4cccc5c4C(C)(C)CCC5(C)C)cc3)c(-c3cccc4c3C(C)(C)CCC4(C)C)c3c1B2c1ccccc1O3. The Hall–Kier alpha value is -12.8. The molecule has 6 aliphatic rings. The number of aromatic nitrogens is 2. The third-order valence-electron chi connectivity index (χ3n) is 28.1. The van der Waals surface area contributed by atoms with Crippen molar-refractivity contribution in [3.05, 3.63) is 337 Å². The molecule has 0 spiro atoms. The summed E-state index contributed by atoms with van der Waals surface area (Å²) in [5.41, 5.74) is 35.9. The lowest BCUT2D eigenvalue weighted by molar-refractivity contribution is 0.332. The maximum Gasteiger partial charge on any atom is 0.260 e. The van der Waals surface area contributed by atoms with Crippen molar-refractivity contribution in [2.75, 3.05) is 9.80 Å². The number of rotatable bonds is 8. The molecule has 0 unspecified atom stereocenters. The summed E-state index contributed by atoms with van der Waals surface area (Å²) in [4.78, 5) is 5.32. The van der Waals surface area contributed by atoms with Gasteiger partial charge in [0.15, 0.2) is 0 Å². The molecule has 15 aromatic carbocycles. The Morgan fingerprint density at radius 1 is 0.297 bits per heavy atom. The highest BCUT2D eigenvalue weighted by molar-refractivity contribution is 7.00. The fraction of sp³-hybridized carbons (Fsp3) is 0.182. The number of anilines is 6. The fourth-order valence-corrected chi connectivity index (χ4v) is 22.0. The Labute approximate surface area is 692 Å². The summed E-state index contributed by atoms with van der Waals surface area (Å²) in [6.07, 6.45) is 4.37. The van der Waals surface area contributed by atoms with Crippen LogP contribution in [0.4, 0.5) is 34.1 Å². The van der Waals surface area contributed by atoms with E-state index in [1.54, 1.807) is 0 Å². The fourth-order valence-electron chi connectivity index (χ4n) is 22.0. The summed E-state index contributed by atoms with van der Waals surface area (Å²) >= 11 is 0. The van der Waals surface area contributed by atoms with Crippen molar-refractivity contribution in [2.24, 2.45) is 0 Å². The first-order chi connectivity index (χ1) is 57.2. The van der Waals surface area contributed by atoms with Gasteiger partial charge in [-0.05, 0) is 238 Å². The van der Waals surface area contributed by atoms with E-state index in [4.69, 9.17) is 9.47 Å². The Morgan fingerprint density at radius 2 is 0.754 bits per heavy atom. The Bertz CT molecular complexity index is 7040. The van der Waals surface area contributed by atoms with Crippen molar-refractivity contribution < 1.29 is 9.47 Å². The van der Waals surface area contributed by atoms with E-state index in [2.05, 4.69) is 404 Å². The van der Waals surface area contributed by atoms with Crippen molar-refractivity contribution in [2.45, 2.75) is 129 Å². The summed E-state index contributed by atoms with van der Waals surface area (Å²) in [7, 11) is 0. The monoisotopic (exact) mass is 1520 g/mol. The molecule has 2 aliphatic carbocycles. The van der Waals surface area contributed by atoms with Gasteiger partial charge in [-0.2, -0.15) is 0 Å². The molecule has 0 radical (unpaired) electrons. The number of benzene rings is 15. The van der Waals surface area contributed by atoms with Gasteiger partial charge in [-0.1, -0.05) is 288 Å². The second-order valence-electron chi connectivity index (χ2n) is 37.9. The van der Waals surface area contributed by atoms with Crippen LogP contribution in [0, 0.1) is 0 Å². The van der Waals surface area contributed by atoms with E-state index < -0.39 is 0 Å². The maximum absolute atomic E-state index is 7.93. The molecule has 17 aromatic rings. The average molecular weight is 1520 g/mol. The molecule has 2 aromatic heterocycles. The first-order valence-corrected chi connectivity index (χ1v) is 42.5. The maximum atomic E-state index is 7.93. The Balaban J connectivity index is 0.876. The second-order valence-corrected chi connectivity index (χ2v) is 37.9. The van der Waals surface area contributed by atoms with Crippen LogP contribution in [0.25, 0.3) is 99.5 Å². The van der Waals surface area contributed by atoms with E-state index >= 15 is 0 Å². The molecule has 6 nitrogen and oxygen atoms in total. The van der Waals surface area contributed by atoms with Gasteiger partial charge in [-0.25, -0.2) is 0 Å². The molecular formula is C110H92B2N4O2. The lowest BCUT2D eigenvalue weighted by Crippen LogP contribution is -2.61. The normalized spacial score (nSPS) is 16.0. The molecule has 6 heterocycles. The predicted molar refractivity (Wildman–Crippen MR) is 498 cm³/mol. The van der Waals surface area contributed by atoms with Crippen LogP contribution in [0.3, 0.4) is 0 Å². The van der Waals surface area contributed by atoms with Crippen LogP contribution in [-0.4, -0.2) is 22.6 Å². The zero-order valence-corrected chi connectivity index (χ0v) is 69.0. The van der Waals surface area contributed by atoms with E-state index in [0.29, 0.717) is 0 Å². The summed E-state index contributed by atoms with van der Waals surface area (Å²) in [6, 6.07) is 118. The zero-order chi connectivity index (χ0) is 79.8. The van der Waals surface area contributed by atoms with Crippen molar-refractivity contribution in [3.63, 3.8) is 0 Å². The van der Waals surface area contributed by atoms with Gasteiger partial charge in [-0.3, -0.25) is 0 Å². The van der Waals surface area contributed by atoms with Gasteiger partial charge < -0.3 is 28.4 Å². The third kappa shape index (κ3) is 10.4. The van der Waals surface area contributed by atoms with Crippen LogP contribution < -0.4 is 52.1 Å². The van der Waals surface area contributed by atoms with E-state index in [1.165, 1.54) is 82.4 Å². The van der Waals surface area contributed by atoms with Crippen molar-refractivity contribution in [1.29, 1.82) is 0 Å². The summed E-state index contributed by atoms with van der Waals surface area (Å²) in [5, 5.41) is 4.89. The number of para-hydroxylation sites is 6. The standard InChI is InChI=1S/C110H92B2N4O2/c1-106(2,3)70-49-54-87-98(63-70)117-99-66-81(100(105-104(99)112(87)86-40-20-26-46-97(86)118-105)80-37-28-39-83-102(80)110(10,11)60-58-108(83,6)7)69-61-95-103-96(62-69)116(88-41-21-15-31-74(88)67-29-13-12-14-30-67)94-65-73(115-91-44-24-18-34-78(91)79-35-19-25-45-92(79)115)53-56-85(94)111(103)84-55-52-72(114-89-42-22-16-32-76(89)77-33-17-23-43-90(77)114)64-93(84)113(95)71-50-47-68(48-51-71)75-36-27-38-82-101(75)109(8,9)59-57-107(82,4)5/h12-56,61-66H,57-60H2,1-11H3. The highest BCUT2D eigenvalue weighted by Crippen LogP contribution is 2.58. The smallest absolute Gasteiger partial charge is 0.260 e. The van der Waals surface area contributed by atoms with E-state index in [-0.39, 0.29) is 40.5 Å². The molecule has 118 heavy (non-hydrogen) atoms. The quantitative estimate of drug-likeness (QED) is 0.142. The number of nitrogens with zero attached hydrogens (tertiary/aromatic N) is 4. The van der Waals surface area contributed by atoms with E-state index in [1.807, 2.05) is 0 Å². The molecule has 0 saturated carbocycles. The van der Waals surface area contributed by atoms with Crippen LogP contribution in [0.15, 0.2) is 309 Å². The Morgan fingerprint density at radius 3 is 1.35 bits per heavy atom. The molecule has 0 saturated heterocycles. The molecule has 0 fully saturated rings. The first kappa shape index (κ1) is 70.6. The highest BCUT2D eigenvalue weighted by Gasteiger charge is 2.49. The molecule has 0 amide bonds. The topological polar surface area (TPSA) is 34.8 Å². The lowest BCUT2D eigenvalue weighted by atomic mass is 9.33. The number of ether oxygens (including phenoxy) is 2. The number of hydrogen-bond acceptors (Lipinski definition) is 4. The molecule has 0 atom stereocenters.